The maximum atomic E-state index is 14.0. The van der Waals surface area contributed by atoms with Gasteiger partial charge in [0.25, 0.3) is 5.91 Å². The van der Waals surface area contributed by atoms with Crippen LogP contribution in [0.3, 0.4) is 0 Å². The number of aliphatic hydroxyl groups excluding tert-OH is 2. The summed E-state index contributed by atoms with van der Waals surface area (Å²) in [5.74, 6) is -2.20. The normalized spacial score (nSPS) is 12.7. The number of halogens is 2. The van der Waals surface area contributed by atoms with Crippen molar-refractivity contribution in [3.05, 3.63) is 95.9 Å². The predicted molar refractivity (Wildman–Crippen MR) is 155 cm³/mol. The van der Waals surface area contributed by atoms with Gasteiger partial charge in [0.15, 0.2) is 0 Å². The van der Waals surface area contributed by atoms with Gasteiger partial charge < -0.3 is 25.2 Å². The first-order valence-corrected chi connectivity index (χ1v) is 13.6. The van der Waals surface area contributed by atoms with Crippen LogP contribution in [0.25, 0.3) is 22.3 Å². The van der Waals surface area contributed by atoms with Gasteiger partial charge >= 0.3 is 5.97 Å². The molecule has 0 aliphatic heterocycles. The molecule has 0 radical (unpaired) electrons. The van der Waals surface area contributed by atoms with Gasteiger partial charge in [0, 0.05) is 29.1 Å². The first kappa shape index (κ1) is 30.5. The van der Waals surface area contributed by atoms with Crippen LogP contribution in [0.4, 0.5) is 14.6 Å². The molecule has 0 fully saturated rings. The van der Waals surface area contributed by atoms with Crippen LogP contribution in [0, 0.1) is 11.6 Å². The molecule has 0 aliphatic rings. The molecule has 0 bridgehead atoms. The maximum absolute atomic E-state index is 14.0. The van der Waals surface area contributed by atoms with E-state index in [9.17, 15) is 28.6 Å². The number of benzene rings is 2. The van der Waals surface area contributed by atoms with Crippen LogP contribution in [-0.2, 0) is 11.2 Å². The van der Waals surface area contributed by atoms with Crippen molar-refractivity contribution < 1.29 is 33.7 Å². The number of aromatic nitrogens is 2. The molecule has 0 saturated carbocycles. The average Bonchev–Trinajstić information content (AvgIpc) is 3.28. The Morgan fingerprint density at radius 2 is 1.48 bits per heavy atom. The van der Waals surface area contributed by atoms with E-state index >= 15 is 0 Å². The summed E-state index contributed by atoms with van der Waals surface area (Å²) >= 11 is 0. The minimum atomic E-state index is -1.22. The number of pyridine rings is 1. The van der Waals surface area contributed by atoms with Crippen molar-refractivity contribution in [2.45, 2.75) is 57.8 Å². The average molecular weight is 578 g/mol. The van der Waals surface area contributed by atoms with Gasteiger partial charge in [0.2, 0.25) is 0 Å². The van der Waals surface area contributed by atoms with Crippen LogP contribution >= 0.6 is 0 Å². The number of anilines is 1. The number of carbonyl (C=O) groups excluding carboxylic acids is 1. The number of nitrogens with zero attached hydrogens (tertiary/aromatic N) is 2. The fourth-order valence-electron chi connectivity index (χ4n) is 5.13. The van der Waals surface area contributed by atoms with Gasteiger partial charge in [-0.05, 0) is 80.6 Å². The van der Waals surface area contributed by atoms with Gasteiger partial charge in [0.1, 0.15) is 23.1 Å². The molecule has 4 N–H and O–H groups in total. The lowest BCUT2D eigenvalue weighted by atomic mass is 9.92. The van der Waals surface area contributed by atoms with Crippen molar-refractivity contribution in [2.75, 3.05) is 5.32 Å². The van der Waals surface area contributed by atoms with E-state index in [1.807, 2.05) is 18.4 Å². The highest BCUT2D eigenvalue weighted by Gasteiger charge is 2.31. The molecule has 4 rings (SSSR count). The fraction of sp³-hybridized carbons (Fsp3) is 0.281. The Morgan fingerprint density at radius 3 is 2.00 bits per heavy atom. The lowest BCUT2D eigenvalue weighted by Crippen LogP contribution is -2.23. The van der Waals surface area contributed by atoms with Gasteiger partial charge in [0.05, 0.1) is 18.6 Å². The summed E-state index contributed by atoms with van der Waals surface area (Å²) in [6, 6.07) is 16.4. The van der Waals surface area contributed by atoms with Gasteiger partial charge in [-0.25, -0.2) is 13.8 Å². The standard InChI is InChI=1S/C32H33F2N3O5/c1-19(2)37-26(15-14-24(38)17-25(39)18-28(40)41)29(20-6-10-22(33)11-7-20)30(21-8-12-23(34)13-9-21)31(37)32(42)36-27-5-3-4-16-35-27/h3-13,16,19,24-25,38-39H,14-15,17-18H2,1-2H3,(H,40,41)(H,35,36,42). The third-order valence-electron chi connectivity index (χ3n) is 6.88. The SMILES string of the molecule is CC(C)n1c(CCC(O)CC(O)CC(=O)O)c(-c2ccc(F)cc2)c(-c2ccc(F)cc2)c1C(=O)Nc1ccccn1. The highest BCUT2D eigenvalue weighted by atomic mass is 19.1. The number of carboxylic acid groups (broad SMARTS) is 1. The van der Waals surface area contributed by atoms with Gasteiger partial charge in [-0.15, -0.1) is 0 Å². The second kappa shape index (κ2) is 13.5. The van der Waals surface area contributed by atoms with Gasteiger partial charge in [-0.2, -0.15) is 0 Å². The van der Waals surface area contributed by atoms with E-state index in [0.717, 1.165) is 0 Å². The second-order valence-electron chi connectivity index (χ2n) is 10.4. The predicted octanol–water partition coefficient (Wildman–Crippen LogP) is 5.85. The van der Waals surface area contributed by atoms with Crippen molar-refractivity contribution in [1.29, 1.82) is 0 Å². The molecule has 4 aromatic rings. The Kier molecular flexibility index (Phi) is 9.82. The van der Waals surface area contributed by atoms with E-state index in [0.29, 0.717) is 33.8 Å². The van der Waals surface area contributed by atoms with Crippen LogP contribution in [0.1, 0.15) is 55.3 Å². The summed E-state index contributed by atoms with van der Waals surface area (Å²) in [6.07, 6.45) is -0.960. The zero-order valence-electron chi connectivity index (χ0n) is 23.3. The van der Waals surface area contributed by atoms with Crippen molar-refractivity contribution in [3.8, 4) is 22.3 Å². The quantitative estimate of drug-likeness (QED) is 0.168. The van der Waals surface area contributed by atoms with Crippen LogP contribution < -0.4 is 5.32 Å². The topological polar surface area (TPSA) is 125 Å². The van der Waals surface area contributed by atoms with Crippen LogP contribution in [0.15, 0.2) is 72.9 Å². The molecular weight excluding hydrogens is 544 g/mol. The Bertz CT molecular complexity index is 1520. The summed E-state index contributed by atoms with van der Waals surface area (Å²) in [6.45, 7) is 3.80. The summed E-state index contributed by atoms with van der Waals surface area (Å²) in [4.78, 5) is 29.2. The minimum Gasteiger partial charge on any atom is -0.481 e. The van der Waals surface area contributed by atoms with Crippen molar-refractivity contribution >= 4 is 17.7 Å². The third kappa shape index (κ3) is 7.26. The zero-order chi connectivity index (χ0) is 30.4. The number of hydrogen-bond donors (Lipinski definition) is 4. The maximum Gasteiger partial charge on any atom is 0.305 e. The molecule has 2 atom stereocenters. The number of amides is 1. The summed E-state index contributed by atoms with van der Waals surface area (Å²) < 4.78 is 29.8. The van der Waals surface area contributed by atoms with Gasteiger partial charge in [-0.1, -0.05) is 30.3 Å². The lowest BCUT2D eigenvalue weighted by molar-refractivity contribution is -0.139. The van der Waals surface area contributed by atoms with E-state index in [4.69, 9.17) is 5.11 Å². The number of carbonyl (C=O) groups is 2. The smallest absolute Gasteiger partial charge is 0.305 e. The molecule has 0 spiro atoms. The van der Waals surface area contributed by atoms with Crippen LogP contribution in [0.5, 0.6) is 0 Å². The molecule has 8 nitrogen and oxygen atoms in total. The fourth-order valence-corrected chi connectivity index (χ4v) is 5.13. The number of rotatable bonds is 12. The van der Waals surface area contributed by atoms with E-state index in [2.05, 4.69) is 10.3 Å². The van der Waals surface area contributed by atoms with Crippen LogP contribution in [0.2, 0.25) is 0 Å². The van der Waals surface area contributed by atoms with E-state index in [1.165, 1.54) is 24.3 Å². The highest BCUT2D eigenvalue weighted by Crippen LogP contribution is 2.43. The molecule has 2 unspecified atom stereocenters. The number of nitrogens with one attached hydrogen (secondary N) is 1. The van der Waals surface area contributed by atoms with Crippen LogP contribution in [-0.4, -0.2) is 49.0 Å². The van der Waals surface area contributed by atoms with E-state index < -0.39 is 42.1 Å². The van der Waals surface area contributed by atoms with E-state index in [1.54, 1.807) is 48.7 Å². The number of aliphatic carboxylic acids is 1. The number of hydrogen-bond acceptors (Lipinski definition) is 5. The Balaban J connectivity index is 1.91. The molecule has 2 aromatic heterocycles. The zero-order valence-corrected chi connectivity index (χ0v) is 23.3. The minimum absolute atomic E-state index is 0.140. The third-order valence-corrected chi connectivity index (χ3v) is 6.88. The molecule has 42 heavy (non-hydrogen) atoms. The molecule has 1 amide bonds. The number of carboxylic acids is 1. The Morgan fingerprint density at radius 1 is 0.881 bits per heavy atom. The largest absolute Gasteiger partial charge is 0.481 e. The van der Waals surface area contributed by atoms with Crippen molar-refractivity contribution in [2.24, 2.45) is 0 Å². The number of aliphatic hydroxyl groups is 2. The summed E-state index contributed by atoms with van der Waals surface area (Å²) in [5, 5.41) is 32.6. The molecule has 2 heterocycles. The van der Waals surface area contributed by atoms with E-state index in [-0.39, 0.29) is 31.0 Å². The monoisotopic (exact) mass is 577 g/mol. The molecule has 220 valence electrons. The first-order valence-electron chi connectivity index (χ1n) is 13.6. The van der Waals surface area contributed by atoms with Crippen molar-refractivity contribution in [1.82, 2.24) is 9.55 Å². The molecule has 0 saturated heterocycles. The summed E-state index contributed by atoms with van der Waals surface area (Å²) in [5.41, 5.74) is 3.21. The molecule has 0 aliphatic carbocycles. The second-order valence-corrected chi connectivity index (χ2v) is 10.4. The Labute approximate surface area is 242 Å². The Hall–Kier alpha value is -4.41. The first-order chi connectivity index (χ1) is 20.0. The van der Waals surface area contributed by atoms with Crippen molar-refractivity contribution in [3.63, 3.8) is 0 Å². The summed E-state index contributed by atoms with van der Waals surface area (Å²) in [7, 11) is 0. The molecule has 10 heteroatoms. The molecular formula is C32H33F2N3O5. The molecule has 2 aromatic carbocycles. The lowest BCUT2D eigenvalue weighted by Gasteiger charge is -2.20. The van der Waals surface area contributed by atoms with Gasteiger partial charge in [-0.3, -0.25) is 9.59 Å². The highest BCUT2D eigenvalue weighted by molar-refractivity contribution is 6.10.